The summed E-state index contributed by atoms with van der Waals surface area (Å²) in [7, 11) is 1.65. The Labute approximate surface area is 132 Å². The number of aromatic nitrogens is 3. The Morgan fingerprint density at radius 3 is 2.78 bits per heavy atom. The Morgan fingerprint density at radius 1 is 1.26 bits per heavy atom. The quantitative estimate of drug-likeness (QED) is 0.726. The normalized spacial score (nSPS) is 10.9. The molecule has 0 unspecified atom stereocenters. The molecule has 1 amide bonds. The molecule has 7 nitrogen and oxygen atoms in total. The van der Waals surface area contributed by atoms with Gasteiger partial charge in [0, 0.05) is 7.05 Å². The van der Waals surface area contributed by atoms with Crippen LogP contribution in [0.2, 0.25) is 0 Å². The average Bonchev–Trinajstić information content (AvgIpc) is 2.95. The van der Waals surface area contributed by atoms with Crippen molar-refractivity contribution in [1.29, 1.82) is 0 Å². The zero-order valence-electron chi connectivity index (χ0n) is 12.9. The van der Waals surface area contributed by atoms with Crippen molar-refractivity contribution >= 4 is 16.8 Å². The first-order chi connectivity index (χ1) is 11.0. The van der Waals surface area contributed by atoms with Gasteiger partial charge in [0.1, 0.15) is 23.6 Å². The van der Waals surface area contributed by atoms with E-state index in [0.717, 1.165) is 10.4 Å². The molecule has 118 valence electrons. The molecule has 3 aromatic rings. The first-order valence-corrected chi connectivity index (χ1v) is 7.16. The molecule has 0 aliphatic carbocycles. The number of fused-ring (bicyclic) bond motifs is 1. The van der Waals surface area contributed by atoms with Crippen molar-refractivity contribution in [2.24, 2.45) is 0 Å². The Bertz CT molecular complexity index is 913. The van der Waals surface area contributed by atoms with Crippen LogP contribution in [0.5, 0.6) is 0 Å². The Hall–Kier alpha value is -2.96. The number of rotatable bonds is 4. The van der Waals surface area contributed by atoms with Crippen LogP contribution in [-0.4, -0.2) is 32.8 Å². The minimum absolute atomic E-state index is 0.160. The zero-order chi connectivity index (χ0) is 16.4. The van der Waals surface area contributed by atoms with Gasteiger partial charge in [-0.05, 0) is 31.2 Å². The monoisotopic (exact) mass is 312 g/mol. The molecule has 2 aromatic heterocycles. The van der Waals surface area contributed by atoms with E-state index in [1.807, 2.05) is 19.1 Å². The molecule has 0 saturated carbocycles. The number of benzene rings is 1. The van der Waals surface area contributed by atoms with Crippen LogP contribution in [0, 0.1) is 6.92 Å². The summed E-state index contributed by atoms with van der Waals surface area (Å²) in [5.41, 5.74) is 0.187. The van der Waals surface area contributed by atoms with Crippen LogP contribution < -0.4 is 5.56 Å². The smallest absolute Gasteiger partial charge is 0.278 e. The van der Waals surface area contributed by atoms with Crippen LogP contribution in [0.3, 0.4) is 0 Å². The highest BCUT2D eigenvalue weighted by atomic mass is 16.3. The van der Waals surface area contributed by atoms with Gasteiger partial charge in [0.15, 0.2) is 0 Å². The summed E-state index contributed by atoms with van der Waals surface area (Å²) in [6.45, 7) is 2.02. The second-order valence-electron chi connectivity index (χ2n) is 5.33. The predicted octanol–water partition coefficient (Wildman–Crippen LogP) is 1.35. The van der Waals surface area contributed by atoms with Crippen LogP contribution in [0.1, 0.15) is 11.5 Å². The molecule has 0 saturated heterocycles. The second kappa shape index (κ2) is 6.04. The molecule has 2 heterocycles. The number of amides is 1. The summed E-state index contributed by atoms with van der Waals surface area (Å²) in [6.07, 6.45) is 0. The summed E-state index contributed by atoms with van der Waals surface area (Å²) in [6, 6.07) is 10.6. The van der Waals surface area contributed by atoms with Gasteiger partial charge in [0.05, 0.1) is 11.9 Å². The number of furan rings is 1. The standard InChI is InChI=1S/C16H16N4O3/c1-11-7-8-12(23-11)9-19(2)15(21)10-20-16(22)13-5-3-4-6-14(13)17-18-20/h3-8H,9-10H2,1-2H3. The number of hydrogen-bond donors (Lipinski definition) is 0. The fourth-order valence-corrected chi connectivity index (χ4v) is 2.27. The Morgan fingerprint density at radius 2 is 2.04 bits per heavy atom. The molecule has 0 spiro atoms. The molecule has 0 radical (unpaired) electrons. The number of nitrogens with zero attached hydrogens (tertiary/aromatic N) is 4. The number of likely N-dealkylation sites (N-methyl/N-ethyl adjacent to an activating group) is 1. The van der Waals surface area contributed by atoms with Crippen molar-refractivity contribution in [3.8, 4) is 0 Å². The molecular weight excluding hydrogens is 296 g/mol. The van der Waals surface area contributed by atoms with Crippen molar-refractivity contribution in [2.75, 3.05) is 7.05 Å². The molecular formula is C16H16N4O3. The fourth-order valence-electron chi connectivity index (χ4n) is 2.27. The van der Waals surface area contributed by atoms with Crippen molar-refractivity contribution in [3.05, 3.63) is 58.3 Å². The van der Waals surface area contributed by atoms with Gasteiger partial charge in [-0.1, -0.05) is 17.3 Å². The number of hydrogen-bond acceptors (Lipinski definition) is 5. The molecule has 0 N–H and O–H groups in total. The predicted molar refractivity (Wildman–Crippen MR) is 83.7 cm³/mol. The molecule has 7 heteroatoms. The van der Waals surface area contributed by atoms with E-state index in [1.165, 1.54) is 4.90 Å². The van der Waals surface area contributed by atoms with Gasteiger partial charge in [-0.2, -0.15) is 0 Å². The van der Waals surface area contributed by atoms with Crippen molar-refractivity contribution < 1.29 is 9.21 Å². The minimum Gasteiger partial charge on any atom is -0.464 e. The third kappa shape index (κ3) is 3.13. The van der Waals surface area contributed by atoms with Crippen LogP contribution in [0.25, 0.3) is 10.9 Å². The summed E-state index contributed by atoms with van der Waals surface area (Å²) in [5.74, 6) is 1.23. The fraction of sp³-hybridized carbons (Fsp3) is 0.250. The topological polar surface area (TPSA) is 81.2 Å². The summed E-state index contributed by atoms with van der Waals surface area (Å²) in [5, 5.41) is 8.23. The van der Waals surface area contributed by atoms with Gasteiger partial charge >= 0.3 is 0 Å². The van der Waals surface area contributed by atoms with Crippen LogP contribution >= 0.6 is 0 Å². The third-order valence-corrected chi connectivity index (χ3v) is 3.53. The second-order valence-corrected chi connectivity index (χ2v) is 5.33. The molecule has 1 aromatic carbocycles. The molecule has 0 aliphatic rings. The van der Waals surface area contributed by atoms with E-state index < -0.39 is 0 Å². The van der Waals surface area contributed by atoms with E-state index in [0.29, 0.717) is 23.2 Å². The van der Waals surface area contributed by atoms with Crippen LogP contribution in [0.15, 0.2) is 45.6 Å². The van der Waals surface area contributed by atoms with E-state index >= 15 is 0 Å². The lowest BCUT2D eigenvalue weighted by molar-refractivity contribution is -0.131. The maximum atomic E-state index is 12.3. The SMILES string of the molecule is Cc1ccc(CN(C)C(=O)Cn2nnc3ccccc3c2=O)o1. The van der Waals surface area contributed by atoms with Gasteiger partial charge in [-0.15, -0.1) is 5.10 Å². The van der Waals surface area contributed by atoms with Crippen LogP contribution in [-0.2, 0) is 17.9 Å². The van der Waals surface area contributed by atoms with Gasteiger partial charge in [-0.3, -0.25) is 9.59 Å². The third-order valence-electron chi connectivity index (χ3n) is 3.53. The van der Waals surface area contributed by atoms with Gasteiger partial charge in [-0.25, -0.2) is 4.68 Å². The first-order valence-electron chi connectivity index (χ1n) is 7.16. The first kappa shape index (κ1) is 15.0. The molecule has 0 atom stereocenters. The lowest BCUT2D eigenvalue weighted by Gasteiger charge is -2.15. The highest BCUT2D eigenvalue weighted by molar-refractivity contribution is 5.78. The maximum absolute atomic E-state index is 12.3. The molecule has 0 aliphatic heterocycles. The zero-order valence-corrected chi connectivity index (χ0v) is 12.9. The largest absolute Gasteiger partial charge is 0.464 e. The van der Waals surface area contributed by atoms with Crippen molar-refractivity contribution in [2.45, 2.75) is 20.0 Å². The van der Waals surface area contributed by atoms with Gasteiger partial charge in [0.2, 0.25) is 5.91 Å². The van der Waals surface area contributed by atoms with E-state index in [-0.39, 0.29) is 18.0 Å². The van der Waals surface area contributed by atoms with E-state index in [4.69, 9.17) is 4.42 Å². The maximum Gasteiger partial charge on any atom is 0.278 e. The van der Waals surface area contributed by atoms with Gasteiger partial charge in [0.25, 0.3) is 5.56 Å². The molecule has 0 bridgehead atoms. The molecule has 23 heavy (non-hydrogen) atoms. The lowest BCUT2D eigenvalue weighted by atomic mass is 10.2. The molecule has 0 fully saturated rings. The van der Waals surface area contributed by atoms with E-state index in [1.54, 1.807) is 31.3 Å². The average molecular weight is 312 g/mol. The Balaban J connectivity index is 1.77. The molecule has 3 rings (SSSR count). The summed E-state index contributed by atoms with van der Waals surface area (Å²) < 4.78 is 6.52. The number of carbonyl (C=O) groups is 1. The summed E-state index contributed by atoms with van der Waals surface area (Å²) in [4.78, 5) is 26.1. The van der Waals surface area contributed by atoms with E-state index in [2.05, 4.69) is 10.3 Å². The number of aryl methyl sites for hydroxylation is 1. The van der Waals surface area contributed by atoms with Crippen molar-refractivity contribution in [3.63, 3.8) is 0 Å². The van der Waals surface area contributed by atoms with E-state index in [9.17, 15) is 9.59 Å². The highest BCUT2D eigenvalue weighted by Gasteiger charge is 2.14. The van der Waals surface area contributed by atoms with Gasteiger partial charge < -0.3 is 9.32 Å². The highest BCUT2D eigenvalue weighted by Crippen LogP contribution is 2.09. The minimum atomic E-state index is -0.328. The lowest BCUT2D eigenvalue weighted by Crippen LogP contribution is -2.35. The summed E-state index contributed by atoms with van der Waals surface area (Å²) >= 11 is 0. The number of carbonyl (C=O) groups excluding carboxylic acids is 1. The van der Waals surface area contributed by atoms with Crippen LogP contribution in [0.4, 0.5) is 0 Å². The Kier molecular flexibility index (Phi) is 3.92. The van der Waals surface area contributed by atoms with Crippen molar-refractivity contribution in [1.82, 2.24) is 19.9 Å².